The number of esters is 1. The van der Waals surface area contributed by atoms with Gasteiger partial charge in [-0.2, -0.15) is 0 Å². The molecule has 0 aliphatic rings. The zero-order chi connectivity index (χ0) is 15.8. The van der Waals surface area contributed by atoms with Crippen LogP contribution in [0, 0.1) is 0 Å². The van der Waals surface area contributed by atoms with E-state index < -0.39 is 12.1 Å². The number of carbonyl (C=O) groups is 2. The fourth-order valence-corrected chi connectivity index (χ4v) is 1.87. The van der Waals surface area contributed by atoms with E-state index in [-0.39, 0.29) is 13.2 Å². The Morgan fingerprint density at radius 3 is 2.45 bits per heavy atom. The average molecular weight is 299 g/mol. The topological polar surface area (TPSA) is 64.6 Å². The maximum Gasteiger partial charge on any atom is 0.407 e. The Hall–Kier alpha value is -2.82. The number of methoxy groups -OCH3 is 1. The Kier molecular flexibility index (Phi) is 5.54. The Labute approximate surface area is 128 Å². The van der Waals surface area contributed by atoms with Gasteiger partial charge in [0.05, 0.1) is 12.7 Å². The predicted octanol–water partition coefficient (Wildman–Crippen LogP) is 2.90. The summed E-state index contributed by atoms with van der Waals surface area (Å²) >= 11 is 0. The van der Waals surface area contributed by atoms with Gasteiger partial charge in [-0.3, -0.25) is 0 Å². The Balaban J connectivity index is 1.82. The Morgan fingerprint density at radius 2 is 1.73 bits per heavy atom. The van der Waals surface area contributed by atoms with Gasteiger partial charge in [0.1, 0.15) is 6.61 Å². The molecule has 0 radical (unpaired) electrons. The number of hydrogen-bond donors (Lipinski definition) is 1. The first-order valence-corrected chi connectivity index (χ1v) is 6.81. The molecule has 0 unspecified atom stereocenters. The molecule has 2 rings (SSSR count). The number of rotatable bonds is 5. The van der Waals surface area contributed by atoms with Crippen molar-refractivity contribution in [2.24, 2.45) is 0 Å². The van der Waals surface area contributed by atoms with Crippen molar-refractivity contribution in [3.8, 4) is 0 Å². The Bertz CT molecular complexity index is 640. The van der Waals surface area contributed by atoms with Crippen molar-refractivity contribution in [3.05, 3.63) is 71.3 Å². The van der Waals surface area contributed by atoms with Crippen LogP contribution in [0.25, 0.3) is 0 Å². The second kappa shape index (κ2) is 7.83. The molecule has 0 aliphatic carbocycles. The van der Waals surface area contributed by atoms with Crippen molar-refractivity contribution in [2.45, 2.75) is 13.2 Å². The molecule has 2 aromatic carbocycles. The first kappa shape index (κ1) is 15.6. The molecule has 114 valence electrons. The van der Waals surface area contributed by atoms with Gasteiger partial charge in [0.25, 0.3) is 0 Å². The largest absolute Gasteiger partial charge is 0.465 e. The van der Waals surface area contributed by atoms with Crippen molar-refractivity contribution < 1.29 is 19.1 Å². The molecule has 5 heteroatoms. The number of amides is 1. The molecule has 0 saturated carbocycles. The molecule has 0 aromatic heterocycles. The van der Waals surface area contributed by atoms with Gasteiger partial charge in [-0.1, -0.05) is 42.5 Å². The molecule has 0 saturated heterocycles. The van der Waals surface area contributed by atoms with E-state index in [0.717, 1.165) is 11.1 Å². The smallest absolute Gasteiger partial charge is 0.407 e. The maximum atomic E-state index is 11.6. The normalized spacial score (nSPS) is 9.86. The number of alkyl carbamates (subject to hydrolysis) is 1. The molecular weight excluding hydrogens is 282 g/mol. The van der Waals surface area contributed by atoms with Gasteiger partial charge >= 0.3 is 12.1 Å². The van der Waals surface area contributed by atoms with Gasteiger partial charge in [-0.15, -0.1) is 0 Å². The summed E-state index contributed by atoms with van der Waals surface area (Å²) in [6, 6.07) is 16.3. The molecule has 5 nitrogen and oxygen atoms in total. The number of carbonyl (C=O) groups excluding carboxylic acids is 2. The second-order valence-corrected chi connectivity index (χ2v) is 4.61. The fourth-order valence-electron chi connectivity index (χ4n) is 1.87. The van der Waals surface area contributed by atoms with Crippen LogP contribution in [-0.4, -0.2) is 19.2 Å². The average Bonchev–Trinajstić information content (AvgIpc) is 2.58. The second-order valence-electron chi connectivity index (χ2n) is 4.61. The molecule has 1 amide bonds. The summed E-state index contributed by atoms with van der Waals surface area (Å²) in [5, 5.41) is 2.64. The number of nitrogens with one attached hydrogen (secondary N) is 1. The third-order valence-corrected chi connectivity index (χ3v) is 3.00. The summed E-state index contributed by atoms with van der Waals surface area (Å²) in [5.41, 5.74) is 2.16. The highest BCUT2D eigenvalue weighted by Gasteiger charge is 2.07. The molecular formula is C17H17NO4. The van der Waals surface area contributed by atoms with Crippen LogP contribution in [0.1, 0.15) is 21.5 Å². The maximum absolute atomic E-state index is 11.6. The summed E-state index contributed by atoms with van der Waals surface area (Å²) < 4.78 is 9.76. The monoisotopic (exact) mass is 299 g/mol. The summed E-state index contributed by atoms with van der Waals surface area (Å²) in [6.45, 7) is 0.493. The van der Waals surface area contributed by atoms with Gasteiger partial charge in [-0.05, 0) is 23.3 Å². The van der Waals surface area contributed by atoms with Crippen LogP contribution in [-0.2, 0) is 22.6 Å². The minimum atomic E-state index is -0.507. The number of ether oxygens (including phenoxy) is 2. The molecule has 0 heterocycles. The van der Waals surface area contributed by atoms with Crippen LogP contribution in [0.2, 0.25) is 0 Å². The predicted molar refractivity (Wildman–Crippen MR) is 81.2 cm³/mol. The van der Waals surface area contributed by atoms with Gasteiger partial charge in [0.15, 0.2) is 0 Å². The lowest BCUT2D eigenvalue weighted by atomic mass is 10.1. The van der Waals surface area contributed by atoms with E-state index in [1.54, 1.807) is 18.2 Å². The lowest BCUT2D eigenvalue weighted by molar-refractivity contribution is 0.0600. The van der Waals surface area contributed by atoms with Crippen molar-refractivity contribution in [2.75, 3.05) is 7.11 Å². The zero-order valence-corrected chi connectivity index (χ0v) is 12.2. The lowest BCUT2D eigenvalue weighted by Crippen LogP contribution is -2.23. The molecule has 1 N–H and O–H groups in total. The van der Waals surface area contributed by atoms with E-state index in [1.165, 1.54) is 7.11 Å². The number of hydrogen-bond acceptors (Lipinski definition) is 4. The van der Waals surface area contributed by atoms with Crippen LogP contribution < -0.4 is 5.32 Å². The van der Waals surface area contributed by atoms with E-state index in [0.29, 0.717) is 5.56 Å². The van der Waals surface area contributed by atoms with Gasteiger partial charge in [0.2, 0.25) is 0 Å². The summed E-state index contributed by atoms with van der Waals surface area (Å²) in [4.78, 5) is 23.1. The SMILES string of the molecule is COC(=O)c1cccc(CNC(=O)OCc2ccccc2)c1. The van der Waals surface area contributed by atoms with Crippen molar-refractivity contribution in [1.82, 2.24) is 5.32 Å². The summed E-state index contributed by atoms with van der Waals surface area (Å²) in [7, 11) is 1.33. The molecule has 22 heavy (non-hydrogen) atoms. The standard InChI is InChI=1S/C17H17NO4/c1-21-16(19)15-9-5-8-14(10-15)11-18-17(20)22-12-13-6-3-2-4-7-13/h2-10H,11-12H2,1H3,(H,18,20). The molecule has 0 spiro atoms. The van der Waals surface area contributed by atoms with E-state index in [1.807, 2.05) is 36.4 Å². The van der Waals surface area contributed by atoms with Gasteiger partial charge in [0, 0.05) is 6.54 Å². The van der Waals surface area contributed by atoms with Gasteiger partial charge < -0.3 is 14.8 Å². The van der Waals surface area contributed by atoms with E-state index in [4.69, 9.17) is 4.74 Å². The minimum absolute atomic E-state index is 0.217. The van der Waals surface area contributed by atoms with E-state index in [9.17, 15) is 9.59 Å². The molecule has 0 aliphatic heterocycles. The summed E-state index contributed by atoms with van der Waals surface area (Å²) in [6.07, 6.45) is -0.507. The minimum Gasteiger partial charge on any atom is -0.465 e. The molecule has 2 aromatic rings. The van der Waals surface area contributed by atoms with Crippen LogP contribution in [0.4, 0.5) is 4.79 Å². The fraction of sp³-hybridized carbons (Fsp3) is 0.176. The van der Waals surface area contributed by atoms with Crippen LogP contribution >= 0.6 is 0 Å². The highest BCUT2D eigenvalue weighted by molar-refractivity contribution is 5.89. The third kappa shape index (κ3) is 4.63. The van der Waals surface area contributed by atoms with Crippen LogP contribution in [0.5, 0.6) is 0 Å². The molecule has 0 bridgehead atoms. The summed E-state index contributed by atoms with van der Waals surface area (Å²) in [5.74, 6) is -0.409. The molecule has 0 fully saturated rings. The Morgan fingerprint density at radius 1 is 1.00 bits per heavy atom. The highest BCUT2D eigenvalue weighted by atomic mass is 16.5. The van der Waals surface area contributed by atoms with Crippen LogP contribution in [0.15, 0.2) is 54.6 Å². The molecule has 0 atom stereocenters. The van der Waals surface area contributed by atoms with Crippen molar-refractivity contribution in [1.29, 1.82) is 0 Å². The van der Waals surface area contributed by atoms with E-state index in [2.05, 4.69) is 10.1 Å². The first-order chi connectivity index (χ1) is 10.7. The first-order valence-electron chi connectivity index (χ1n) is 6.81. The number of benzene rings is 2. The third-order valence-electron chi connectivity index (χ3n) is 3.00. The van der Waals surface area contributed by atoms with Crippen molar-refractivity contribution >= 4 is 12.1 Å². The quantitative estimate of drug-likeness (QED) is 0.862. The van der Waals surface area contributed by atoms with Crippen molar-refractivity contribution in [3.63, 3.8) is 0 Å². The van der Waals surface area contributed by atoms with Crippen LogP contribution in [0.3, 0.4) is 0 Å². The zero-order valence-electron chi connectivity index (χ0n) is 12.2. The van der Waals surface area contributed by atoms with Gasteiger partial charge in [-0.25, -0.2) is 9.59 Å². The van der Waals surface area contributed by atoms with E-state index >= 15 is 0 Å². The highest BCUT2D eigenvalue weighted by Crippen LogP contribution is 2.07. The lowest BCUT2D eigenvalue weighted by Gasteiger charge is -2.08.